The quantitative estimate of drug-likeness (QED) is 0.550. The van der Waals surface area contributed by atoms with Gasteiger partial charge in [0.25, 0.3) is 0 Å². The second kappa shape index (κ2) is 5.64. The van der Waals surface area contributed by atoms with Crippen molar-refractivity contribution in [1.82, 2.24) is 19.6 Å². The van der Waals surface area contributed by atoms with Crippen molar-refractivity contribution in [2.75, 3.05) is 0 Å². The van der Waals surface area contributed by atoms with E-state index in [9.17, 15) is 0 Å². The van der Waals surface area contributed by atoms with E-state index in [0.29, 0.717) is 6.04 Å². The van der Waals surface area contributed by atoms with Crippen LogP contribution >= 0.6 is 0 Å². The van der Waals surface area contributed by atoms with Crippen LogP contribution < -0.4 is 0 Å². The van der Waals surface area contributed by atoms with Gasteiger partial charge < -0.3 is 4.57 Å². The molecule has 0 bridgehead atoms. The Morgan fingerprint density at radius 3 is 2.42 bits per heavy atom. The van der Waals surface area contributed by atoms with Crippen LogP contribution in [0.5, 0.6) is 0 Å². The van der Waals surface area contributed by atoms with Gasteiger partial charge in [0.2, 0.25) is 0 Å². The number of benzene rings is 2. The molecule has 0 aliphatic heterocycles. The van der Waals surface area contributed by atoms with E-state index in [1.165, 1.54) is 16.8 Å². The second-order valence-electron chi connectivity index (χ2n) is 6.42. The monoisotopic (exact) mass is 316 g/mol. The molecule has 4 heteroatoms. The van der Waals surface area contributed by atoms with Crippen molar-refractivity contribution in [3.8, 4) is 22.4 Å². The zero-order valence-electron chi connectivity index (χ0n) is 14.1. The lowest BCUT2D eigenvalue weighted by molar-refractivity contribution is 0.530. The molecule has 4 rings (SSSR count). The Morgan fingerprint density at radius 1 is 0.875 bits per heavy atom. The normalized spacial score (nSPS) is 11.5. The molecular formula is C20H20N4. The Morgan fingerprint density at radius 2 is 1.67 bits per heavy atom. The minimum Gasteiger partial charge on any atom is -0.350 e. The van der Waals surface area contributed by atoms with Gasteiger partial charge in [-0.3, -0.25) is 0 Å². The number of aromatic nitrogens is 4. The fourth-order valence-corrected chi connectivity index (χ4v) is 3.12. The smallest absolute Gasteiger partial charge is 0.113 e. The first kappa shape index (κ1) is 14.7. The standard InChI is InChI=1S/C20H20N4/c1-14(2)24-19-10-9-16(11-18(19)21-22-24)17-12-20(23(3)13-17)15-7-5-4-6-8-15/h4-14H,1-3H3. The summed E-state index contributed by atoms with van der Waals surface area (Å²) < 4.78 is 4.12. The minimum atomic E-state index is 0.308. The zero-order valence-corrected chi connectivity index (χ0v) is 14.1. The Balaban J connectivity index is 1.78. The zero-order chi connectivity index (χ0) is 16.7. The average Bonchev–Trinajstić information content (AvgIpc) is 3.18. The summed E-state index contributed by atoms with van der Waals surface area (Å²) in [5, 5.41) is 8.58. The van der Waals surface area contributed by atoms with Crippen LogP contribution in [0.3, 0.4) is 0 Å². The Kier molecular flexibility index (Phi) is 3.45. The number of rotatable bonds is 3. The van der Waals surface area contributed by atoms with Crippen molar-refractivity contribution in [2.24, 2.45) is 7.05 Å². The van der Waals surface area contributed by atoms with Crippen molar-refractivity contribution in [2.45, 2.75) is 19.9 Å². The van der Waals surface area contributed by atoms with Crippen molar-refractivity contribution in [3.63, 3.8) is 0 Å². The predicted molar refractivity (Wildman–Crippen MR) is 97.8 cm³/mol. The molecule has 0 amide bonds. The van der Waals surface area contributed by atoms with Gasteiger partial charge >= 0.3 is 0 Å². The number of hydrogen-bond acceptors (Lipinski definition) is 2. The molecule has 0 N–H and O–H groups in total. The number of aryl methyl sites for hydroxylation is 1. The molecular weight excluding hydrogens is 296 g/mol. The molecule has 0 radical (unpaired) electrons. The molecule has 0 unspecified atom stereocenters. The summed E-state index contributed by atoms with van der Waals surface area (Å²) in [4.78, 5) is 0. The molecule has 120 valence electrons. The van der Waals surface area contributed by atoms with E-state index in [0.717, 1.165) is 16.6 Å². The number of nitrogens with zero attached hydrogens (tertiary/aromatic N) is 4. The van der Waals surface area contributed by atoms with Gasteiger partial charge in [0.05, 0.1) is 5.52 Å². The average molecular weight is 316 g/mol. The molecule has 2 aromatic carbocycles. The lowest BCUT2D eigenvalue weighted by Gasteiger charge is -2.05. The first-order valence-electron chi connectivity index (χ1n) is 8.20. The van der Waals surface area contributed by atoms with E-state index < -0.39 is 0 Å². The topological polar surface area (TPSA) is 35.6 Å². The SMILES string of the molecule is CC(C)n1nnc2cc(-c3cc(-c4ccccc4)n(C)c3)ccc21. The fraction of sp³-hybridized carbons (Fsp3) is 0.200. The van der Waals surface area contributed by atoms with E-state index in [2.05, 4.69) is 90.5 Å². The van der Waals surface area contributed by atoms with E-state index >= 15 is 0 Å². The van der Waals surface area contributed by atoms with Gasteiger partial charge in [0, 0.05) is 30.5 Å². The first-order valence-corrected chi connectivity index (χ1v) is 8.20. The van der Waals surface area contributed by atoms with Crippen LogP contribution in [0.25, 0.3) is 33.4 Å². The molecule has 0 saturated carbocycles. The van der Waals surface area contributed by atoms with Gasteiger partial charge in [-0.2, -0.15) is 0 Å². The molecule has 0 atom stereocenters. The van der Waals surface area contributed by atoms with E-state index in [1.807, 2.05) is 10.7 Å². The summed E-state index contributed by atoms with van der Waals surface area (Å²) >= 11 is 0. The molecule has 0 aliphatic carbocycles. The Hall–Kier alpha value is -2.88. The third-order valence-electron chi connectivity index (χ3n) is 4.37. The molecule has 0 fully saturated rings. The maximum atomic E-state index is 4.32. The Bertz CT molecular complexity index is 993. The van der Waals surface area contributed by atoms with Gasteiger partial charge in [-0.25, -0.2) is 4.68 Å². The fourth-order valence-electron chi connectivity index (χ4n) is 3.12. The summed E-state index contributed by atoms with van der Waals surface area (Å²) in [7, 11) is 2.08. The molecule has 0 saturated heterocycles. The van der Waals surface area contributed by atoms with Crippen molar-refractivity contribution in [3.05, 3.63) is 60.8 Å². The van der Waals surface area contributed by atoms with E-state index in [4.69, 9.17) is 0 Å². The number of hydrogen-bond donors (Lipinski definition) is 0. The third-order valence-corrected chi connectivity index (χ3v) is 4.37. The highest BCUT2D eigenvalue weighted by Crippen LogP contribution is 2.29. The highest BCUT2D eigenvalue weighted by atomic mass is 15.4. The van der Waals surface area contributed by atoms with Gasteiger partial charge in [-0.05, 0) is 43.2 Å². The second-order valence-corrected chi connectivity index (χ2v) is 6.42. The van der Waals surface area contributed by atoms with Crippen LogP contribution in [0.1, 0.15) is 19.9 Å². The number of fused-ring (bicyclic) bond motifs is 1. The molecule has 2 aromatic heterocycles. The van der Waals surface area contributed by atoms with Crippen molar-refractivity contribution in [1.29, 1.82) is 0 Å². The van der Waals surface area contributed by atoms with Gasteiger partial charge in [-0.15, -0.1) is 5.10 Å². The van der Waals surface area contributed by atoms with Crippen molar-refractivity contribution >= 4 is 11.0 Å². The molecule has 4 aromatic rings. The molecule has 0 aliphatic rings. The van der Waals surface area contributed by atoms with Gasteiger partial charge in [-0.1, -0.05) is 41.6 Å². The predicted octanol–water partition coefficient (Wildman–Crippen LogP) is 4.68. The van der Waals surface area contributed by atoms with Crippen LogP contribution in [-0.4, -0.2) is 19.6 Å². The lowest BCUT2D eigenvalue weighted by Crippen LogP contribution is -2.02. The summed E-state index contributed by atoms with van der Waals surface area (Å²) in [5.41, 5.74) is 6.79. The largest absolute Gasteiger partial charge is 0.350 e. The van der Waals surface area contributed by atoms with Crippen LogP contribution in [0.4, 0.5) is 0 Å². The third kappa shape index (κ3) is 2.40. The molecule has 2 heterocycles. The molecule has 4 nitrogen and oxygen atoms in total. The van der Waals surface area contributed by atoms with Crippen LogP contribution in [-0.2, 0) is 7.05 Å². The van der Waals surface area contributed by atoms with Crippen LogP contribution in [0.2, 0.25) is 0 Å². The highest BCUT2D eigenvalue weighted by molar-refractivity contribution is 5.82. The maximum absolute atomic E-state index is 4.32. The lowest BCUT2D eigenvalue weighted by atomic mass is 10.1. The highest BCUT2D eigenvalue weighted by Gasteiger charge is 2.11. The summed E-state index contributed by atoms with van der Waals surface area (Å²) in [5.74, 6) is 0. The van der Waals surface area contributed by atoms with Gasteiger partial charge in [0.15, 0.2) is 0 Å². The van der Waals surface area contributed by atoms with Crippen molar-refractivity contribution < 1.29 is 0 Å². The van der Waals surface area contributed by atoms with E-state index in [-0.39, 0.29) is 0 Å². The van der Waals surface area contributed by atoms with E-state index in [1.54, 1.807) is 0 Å². The maximum Gasteiger partial charge on any atom is 0.113 e. The summed E-state index contributed by atoms with van der Waals surface area (Å²) in [6, 6.07) is 19.4. The summed E-state index contributed by atoms with van der Waals surface area (Å²) in [6.07, 6.45) is 2.16. The first-order chi connectivity index (χ1) is 11.6. The van der Waals surface area contributed by atoms with Crippen LogP contribution in [0, 0.1) is 0 Å². The molecule has 0 spiro atoms. The Labute approximate surface area is 141 Å². The van der Waals surface area contributed by atoms with Gasteiger partial charge in [0.1, 0.15) is 5.52 Å². The van der Waals surface area contributed by atoms with Crippen LogP contribution in [0.15, 0.2) is 60.8 Å². The molecule has 24 heavy (non-hydrogen) atoms. The minimum absolute atomic E-state index is 0.308. The summed E-state index contributed by atoms with van der Waals surface area (Å²) in [6.45, 7) is 4.23.